The third kappa shape index (κ3) is 3.18. The van der Waals surface area contributed by atoms with E-state index >= 15 is 0 Å². The van der Waals surface area contributed by atoms with Gasteiger partial charge in [0.15, 0.2) is 9.99 Å². The smallest absolute Gasteiger partial charge is 0.249 e. The number of rotatable bonds is 3. The molecule has 3 aromatic heterocycles. The molecule has 0 aliphatic rings. The van der Waals surface area contributed by atoms with Crippen molar-refractivity contribution in [2.75, 3.05) is 6.26 Å². The van der Waals surface area contributed by atoms with Crippen molar-refractivity contribution in [1.29, 1.82) is 0 Å². The summed E-state index contributed by atoms with van der Waals surface area (Å²) in [4.78, 5) is 16.4. The van der Waals surface area contributed by atoms with Crippen molar-refractivity contribution in [3.8, 4) is 0 Å². The highest BCUT2D eigenvalue weighted by Crippen LogP contribution is 2.36. The molecule has 0 N–H and O–H groups in total. The van der Waals surface area contributed by atoms with E-state index in [2.05, 4.69) is 19.9 Å². The highest BCUT2D eigenvalue weighted by atomic mass is 32.2. The molecule has 0 saturated heterocycles. The van der Waals surface area contributed by atoms with E-state index in [9.17, 15) is 13.2 Å². The lowest BCUT2D eigenvalue weighted by Crippen LogP contribution is -2.05. The lowest BCUT2D eigenvalue weighted by Gasteiger charge is -2.06. The highest BCUT2D eigenvalue weighted by molar-refractivity contribution is 8.00. The molecular weight excluding hydrogens is 353 g/mol. The quantitative estimate of drug-likeness (QED) is 0.511. The topological polar surface area (TPSA) is 51.6 Å². The van der Waals surface area contributed by atoms with Gasteiger partial charge in [-0.3, -0.25) is 0 Å². The van der Waals surface area contributed by atoms with E-state index in [0.29, 0.717) is 15.7 Å². The molecule has 3 rings (SSSR count). The molecule has 0 unspecified atom stereocenters. The minimum atomic E-state index is -4.39. The Bertz CT molecular complexity index is 801. The van der Waals surface area contributed by atoms with E-state index in [1.165, 1.54) is 47.3 Å². The van der Waals surface area contributed by atoms with Crippen LogP contribution in [0.3, 0.4) is 0 Å². The van der Waals surface area contributed by atoms with Crippen LogP contribution in [0.5, 0.6) is 0 Å². The average molecular weight is 360 g/mol. The van der Waals surface area contributed by atoms with Crippen molar-refractivity contribution in [1.82, 2.24) is 19.9 Å². The molecule has 0 atom stereocenters. The first-order valence-electron chi connectivity index (χ1n) is 5.84. The van der Waals surface area contributed by atoms with Gasteiger partial charge in [0.2, 0.25) is 0 Å². The van der Waals surface area contributed by atoms with E-state index in [4.69, 9.17) is 0 Å². The number of halogens is 3. The first kappa shape index (κ1) is 15.5. The van der Waals surface area contributed by atoms with E-state index in [0.717, 1.165) is 21.3 Å². The van der Waals surface area contributed by atoms with E-state index in [1.807, 2.05) is 6.26 Å². The van der Waals surface area contributed by atoms with E-state index in [-0.39, 0.29) is 0 Å². The van der Waals surface area contributed by atoms with Crippen molar-refractivity contribution in [3.05, 3.63) is 30.2 Å². The van der Waals surface area contributed by atoms with Crippen LogP contribution in [0.4, 0.5) is 13.2 Å². The summed E-state index contributed by atoms with van der Waals surface area (Å²) in [5.74, 6) is 0. The molecule has 0 bridgehead atoms. The molecule has 3 aromatic rings. The Kier molecular flexibility index (Phi) is 4.24. The number of hydrogen-bond acceptors (Lipinski definition) is 7. The van der Waals surface area contributed by atoms with Gasteiger partial charge < -0.3 is 0 Å². The summed E-state index contributed by atoms with van der Waals surface area (Å²) in [5, 5.41) is 1.07. The SMILES string of the molecule is CSc1nc2ncnc(Sc3ccc(C(F)(F)F)cn3)c2s1. The van der Waals surface area contributed by atoms with Gasteiger partial charge in [-0.25, -0.2) is 19.9 Å². The zero-order valence-corrected chi connectivity index (χ0v) is 13.4. The fourth-order valence-corrected chi connectivity index (χ4v) is 3.95. The van der Waals surface area contributed by atoms with Crippen LogP contribution < -0.4 is 0 Å². The fraction of sp³-hybridized carbons (Fsp3) is 0.167. The van der Waals surface area contributed by atoms with Crippen molar-refractivity contribution in [3.63, 3.8) is 0 Å². The summed E-state index contributed by atoms with van der Waals surface area (Å²) in [6.45, 7) is 0. The van der Waals surface area contributed by atoms with Crippen LogP contribution >= 0.6 is 34.9 Å². The molecule has 22 heavy (non-hydrogen) atoms. The van der Waals surface area contributed by atoms with E-state index < -0.39 is 11.7 Å². The molecule has 0 aliphatic carbocycles. The second kappa shape index (κ2) is 6.01. The number of alkyl halides is 3. The number of aromatic nitrogens is 4. The number of pyridine rings is 1. The maximum absolute atomic E-state index is 12.5. The summed E-state index contributed by atoms with van der Waals surface area (Å²) in [5.41, 5.74) is -0.189. The Balaban J connectivity index is 1.91. The molecule has 0 aromatic carbocycles. The van der Waals surface area contributed by atoms with Crippen molar-refractivity contribution in [2.45, 2.75) is 20.6 Å². The molecule has 0 amide bonds. The van der Waals surface area contributed by atoms with Gasteiger partial charge in [-0.15, -0.1) is 11.3 Å². The summed E-state index contributed by atoms with van der Waals surface area (Å²) < 4.78 is 39.2. The Labute approximate surface area is 135 Å². The zero-order chi connectivity index (χ0) is 15.7. The number of hydrogen-bond donors (Lipinski definition) is 0. The molecular formula is C12H7F3N4S3. The minimum Gasteiger partial charge on any atom is -0.249 e. The molecule has 0 saturated carbocycles. The van der Waals surface area contributed by atoms with Crippen molar-refractivity contribution < 1.29 is 13.2 Å². The van der Waals surface area contributed by atoms with E-state index in [1.54, 1.807) is 0 Å². The lowest BCUT2D eigenvalue weighted by molar-refractivity contribution is -0.137. The number of thiazole rings is 1. The predicted octanol–water partition coefficient (Wildman–Crippen LogP) is 4.37. The van der Waals surface area contributed by atoms with Crippen LogP contribution in [-0.2, 0) is 6.18 Å². The number of fused-ring (bicyclic) bond motifs is 1. The first-order valence-corrected chi connectivity index (χ1v) is 8.70. The van der Waals surface area contributed by atoms with Gasteiger partial charge in [-0.2, -0.15) is 13.2 Å². The van der Waals surface area contributed by atoms with Crippen molar-refractivity contribution in [2.24, 2.45) is 0 Å². The molecule has 0 aliphatic heterocycles. The maximum Gasteiger partial charge on any atom is 0.417 e. The molecule has 0 fully saturated rings. The highest BCUT2D eigenvalue weighted by Gasteiger charge is 2.30. The van der Waals surface area contributed by atoms with Crippen LogP contribution in [-0.4, -0.2) is 26.2 Å². The van der Waals surface area contributed by atoms with Gasteiger partial charge in [0.25, 0.3) is 0 Å². The van der Waals surface area contributed by atoms with Gasteiger partial charge >= 0.3 is 6.18 Å². The summed E-state index contributed by atoms with van der Waals surface area (Å²) in [7, 11) is 0. The number of nitrogens with zero attached hydrogens (tertiary/aromatic N) is 4. The van der Waals surface area contributed by atoms with Crippen LogP contribution in [0.15, 0.2) is 39.0 Å². The van der Waals surface area contributed by atoms with Crippen molar-refractivity contribution >= 4 is 45.2 Å². The maximum atomic E-state index is 12.5. The second-order valence-corrected chi connectivity index (χ2v) is 7.06. The van der Waals surface area contributed by atoms with Gasteiger partial charge in [0.05, 0.1) is 5.56 Å². The van der Waals surface area contributed by atoms with Crippen LogP contribution in [0, 0.1) is 0 Å². The molecule has 3 heterocycles. The Morgan fingerprint density at radius 3 is 2.59 bits per heavy atom. The van der Waals surface area contributed by atoms with Gasteiger partial charge in [-0.05, 0) is 30.2 Å². The first-order chi connectivity index (χ1) is 10.5. The zero-order valence-electron chi connectivity index (χ0n) is 11.0. The largest absolute Gasteiger partial charge is 0.417 e. The fourth-order valence-electron chi connectivity index (χ4n) is 1.58. The summed E-state index contributed by atoms with van der Waals surface area (Å²) >= 11 is 4.14. The normalized spacial score (nSPS) is 12.0. The molecule has 114 valence electrons. The summed E-state index contributed by atoms with van der Waals surface area (Å²) in [6, 6.07) is 2.34. The average Bonchev–Trinajstić information content (AvgIpc) is 2.91. The van der Waals surface area contributed by atoms with Crippen LogP contribution in [0.2, 0.25) is 0 Å². The lowest BCUT2D eigenvalue weighted by atomic mass is 10.3. The van der Waals surface area contributed by atoms with Gasteiger partial charge in [0, 0.05) is 6.20 Å². The van der Waals surface area contributed by atoms with Crippen LogP contribution in [0.1, 0.15) is 5.56 Å². The second-order valence-electron chi connectivity index (χ2n) is 4.00. The van der Waals surface area contributed by atoms with Crippen LogP contribution in [0.25, 0.3) is 10.3 Å². The molecule has 0 spiro atoms. The standard InChI is InChI=1S/C12H7F3N4S3/c1-20-11-19-9-8(22-11)10(18-5-17-9)21-7-3-2-6(4-16-7)12(13,14)15/h2-5H,1H3. The van der Waals surface area contributed by atoms with Gasteiger partial charge in [0.1, 0.15) is 21.1 Å². The molecule has 10 heteroatoms. The Hall–Kier alpha value is -1.39. The monoisotopic (exact) mass is 360 g/mol. The van der Waals surface area contributed by atoms with Gasteiger partial charge in [-0.1, -0.05) is 11.8 Å². The number of thioether (sulfide) groups is 1. The third-order valence-electron chi connectivity index (χ3n) is 2.58. The Morgan fingerprint density at radius 2 is 1.95 bits per heavy atom. The minimum absolute atomic E-state index is 0.437. The molecule has 4 nitrogen and oxygen atoms in total. The Morgan fingerprint density at radius 1 is 1.14 bits per heavy atom. The predicted molar refractivity (Wildman–Crippen MR) is 80.4 cm³/mol. The molecule has 0 radical (unpaired) electrons. The summed E-state index contributed by atoms with van der Waals surface area (Å²) in [6.07, 6.45) is -0.266. The third-order valence-corrected chi connectivity index (χ3v) is 5.70.